The maximum atomic E-state index is 13.7. The molecule has 0 aliphatic heterocycles. The van der Waals surface area contributed by atoms with E-state index in [1.165, 1.54) is 12.1 Å². The third-order valence-corrected chi connectivity index (χ3v) is 4.94. The number of hydrogen-bond acceptors (Lipinski definition) is 4. The Balaban J connectivity index is 2.21. The number of nitro benzene ring substituents is 1. The van der Waals surface area contributed by atoms with E-state index in [1.807, 2.05) is 20.8 Å². The van der Waals surface area contributed by atoms with Crippen LogP contribution in [-0.2, 0) is 4.74 Å². The maximum absolute atomic E-state index is 13.7. The smallest absolute Gasteiger partial charge is 0.293 e. The second-order valence-electron chi connectivity index (χ2n) is 5.74. The first-order chi connectivity index (χ1) is 9.77. The van der Waals surface area contributed by atoms with Gasteiger partial charge in [0.15, 0.2) is 0 Å². The van der Waals surface area contributed by atoms with E-state index in [9.17, 15) is 14.5 Å². The highest BCUT2D eigenvalue weighted by molar-refractivity contribution is 14.1. The average molecular weight is 408 g/mol. The highest BCUT2D eigenvalue weighted by atomic mass is 127. The summed E-state index contributed by atoms with van der Waals surface area (Å²) in [4.78, 5) is 10.6. The lowest BCUT2D eigenvalue weighted by Crippen LogP contribution is -2.58. The summed E-state index contributed by atoms with van der Waals surface area (Å²) in [7, 11) is 0. The summed E-state index contributed by atoms with van der Waals surface area (Å²) in [6, 6.07) is 2.47. The van der Waals surface area contributed by atoms with Crippen LogP contribution < -0.4 is 5.32 Å². The quantitative estimate of drug-likeness (QED) is 0.455. The fourth-order valence-corrected chi connectivity index (χ4v) is 3.06. The molecule has 21 heavy (non-hydrogen) atoms. The topological polar surface area (TPSA) is 64.4 Å². The van der Waals surface area contributed by atoms with Crippen molar-refractivity contribution in [3.05, 3.63) is 31.6 Å². The van der Waals surface area contributed by atoms with Crippen molar-refractivity contribution in [3.63, 3.8) is 0 Å². The molecular weight excluding hydrogens is 390 g/mol. The predicted octanol–water partition coefficient (Wildman–Crippen LogP) is 3.95. The van der Waals surface area contributed by atoms with Crippen LogP contribution in [-0.4, -0.2) is 23.7 Å². The summed E-state index contributed by atoms with van der Waals surface area (Å²) in [5.74, 6) is -0.456. The van der Waals surface area contributed by atoms with Gasteiger partial charge in [0.2, 0.25) is 0 Å². The molecule has 1 saturated carbocycles. The molecule has 0 bridgehead atoms. The van der Waals surface area contributed by atoms with Crippen molar-refractivity contribution in [2.75, 3.05) is 11.9 Å². The second-order valence-corrected chi connectivity index (χ2v) is 6.90. The molecule has 1 aromatic carbocycles. The van der Waals surface area contributed by atoms with E-state index in [2.05, 4.69) is 5.32 Å². The number of ether oxygens (including phenoxy) is 1. The fourth-order valence-electron chi connectivity index (χ4n) is 2.61. The van der Waals surface area contributed by atoms with Gasteiger partial charge in [0.05, 0.1) is 14.6 Å². The Morgan fingerprint density at radius 1 is 1.57 bits per heavy atom. The van der Waals surface area contributed by atoms with Gasteiger partial charge in [0.1, 0.15) is 11.5 Å². The van der Waals surface area contributed by atoms with E-state index in [1.54, 1.807) is 22.6 Å². The first-order valence-corrected chi connectivity index (χ1v) is 7.86. The molecule has 0 radical (unpaired) electrons. The molecule has 0 spiro atoms. The average Bonchev–Trinajstić information content (AvgIpc) is 2.41. The first-order valence-electron chi connectivity index (χ1n) is 6.79. The number of rotatable bonds is 5. The molecule has 5 nitrogen and oxygen atoms in total. The van der Waals surface area contributed by atoms with Crippen LogP contribution in [0.15, 0.2) is 12.1 Å². The van der Waals surface area contributed by atoms with Gasteiger partial charge in [0.25, 0.3) is 5.69 Å². The summed E-state index contributed by atoms with van der Waals surface area (Å²) in [6.45, 7) is 6.67. The van der Waals surface area contributed by atoms with E-state index in [4.69, 9.17) is 4.74 Å². The van der Waals surface area contributed by atoms with E-state index in [0.717, 1.165) is 6.42 Å². The summed E-state index contributed by atoms with van der Waals surface area (Å²) in [5.41, 5.74) is -0.0222. The molecule has 1 aromatic rings. The van der Waals surface area contributed by atoms with Crippen LogP contribution in [0.1, 0.15) is 27.2 Å². The molecule has 2 unspecified atom stereocenters. The fraction of sp³-hybridized carbons (Fsp3) is 0.571. The van der Waals surface area contributed by atoms with Gasteiger partial charge < -0.3 is 10.1 Å². The van der Waals surface area contributed by atoms with Crippen molar-refractivity contribution >= 4 is 34.0 Å². The zero-order valence-electron chi connectivity index (χ0n) is 12.2. The Morgan fingerprint density at radius 2 is 2.24 bits per heavy atom. The van der Waals surface area contributed by atoms with E-state index in [0.29, 0.717) is 6.61 Å². The van der Waals surface area contributed by atoms with Crippen LogP contribution >= 0.6 is 22.6 Å². The molecule has 116 valence electrons. The Morgan fingerprint density at radius 3 is 2.76 bits per heavy atom. The van der Waals surface area contributed by atoms with Gasteiger partial charge in [-0.3, -0.25) is 10.1 Å². The van der Waals surface area contributed by atoms with Crippen molar-refractivity contribution in [1.29, 1.82) is 0 Å². The van der Waals surface area contributed by atoms with Crippen LogP contribution in [0.4, 0.5) is 15.8 Å². The van der Waals surface area contributed by atoms with Gasteiger partial charge in [-0.1, -0.05) is 13.8 Å². The van der Waals surface area contributed by atoms with Gasteiger partial charge in [-0.25, -0.2) is 4.39 Å². The molecule has 0 heterocycles. The van der Waals surface area contributed by atoms with Gasteiger partial charge in [0, 0.05) is 30.2 Å². The Bertz CT molecular complexity index is 565. The molecule has 1 aliphatic carbocycles. The second kappa shape index (κ2) is 6.04. The molecule has 0 aromatic heterocycles. The molecule has 1 N–H and O–H groups in total. The van der Waals surface area contributed by atoms with Gasteiger partial charge in [-0.15, -0.1) is 0 Å². The zero-order valence-corrected chi connectivity index (χ0v) is 14.3. The number of anilines is 1. The highest BCUT2D eigenvalue weighted by Gasteiger charge is 2.49. The number of hydrogen-bond donors (Lipinski definition) is 1. The number of nitrogens with zero attached hydrogens (tertiary/aromatic N) is 1. The van der Waals surface area contributed by atoms with Crippen LogP contribution in [0.25, 0.3) is 0 Å². The van der Waals surface area contributed by atoms with Crippen molar-refractivity contribution in [2.24, 2.45) is 5.41 Å². The molecule has 2 rings (SSSR count). The maximum Gasteiger partial charge on any atom is 0.293 e. The van der Waals surface area contributed by atoms with E-state index >= 15 is 0 Å². The van der Waals surface area contributed by atoms with Crippen molar-refractivity contribution in [3.8, 4) is 0 Å². The molecular formula is C14H18FIN2O3. The minimum absolute atomic E-state index is 0.0206. The minimum atomic E-state index is -0.490. The lowest BCUT2D eigenvalue weighted by atomic mass is 9.64. The van der Waals surface area contributed by atoms with Crippen LogP contribution in [0.5, 0.6) is 0 Å². The Kier molecular flexibility index (Phi) is 4.72. The van der Waals surface area contributed by atoms with Gasteiger partial charge in [-0.05, 0) is 35.9 Å². The Labute approximate surface area is 136 Å². The number of benzene rings is 1. The number of nitro groups is 1. The Hall–Kier alpha value is -0.960. The van der Waals surface area contributed by atoms with Crippen LogP contribution in [0.2, 0.25) is 0 Å². The van der Waals surface area contributed by atoms with Crippen molar-refractivity contribution in [1.82, 2.24) is 0 Å². The third-order valence-electron chi connectivity index (χ3n) is 4.11. The SMILES string of the molecule is CCOC1CC(Nc2cc(F)c(I)cc2[N+](=O)[O-])C1(C)C. The normalized spacial score (nSPS) is 23.5. The van der Waals surface area contributed by atoms with Crippen molar-refractivity contribution < 1.29 is 14.1 Å². The van der Waals surface area contributed by atoms with E-state index in [-0.39, 0.29) is 32.5 Å². The molecule has 0 saturated heterocycles. The standard InChI is InChI=1S/C14H18FIN2O3/c1-4-21-13-7-12(14(13,2)3)17-10-5-8(15)9(16)6-11(10)18(19)20/h5-6,12-13,17H,4,7H2,1-3H3. The predicted molar refractivity (Wildman–Crippen MR) is 87.0 cm³/mol. The number of halogens is 2. The largest absolute Gasteiger partial charge is 0.378 e. The zero-order chi connectivity index (χ0) is 15.8. The summed E-state index contributed by atoms with van der Waals surface area (Å²) in [5, 5.41) is 14.2. The van der Waals surface area contributed by atoms with Crippen molar-refractivity contribution in [2.45, 2.75) is 39.3 Å². The first kappa shape index (κ1) is 16.4. The van der Waals surface area contributed by atoms with Crippen LogP contribution in [0.3, 0.4) is 0 Å². The highest BCUT2D eigenvalue weighted by Crippen LogP contribution is 2.45. The summed E-state index contributed by atoms with van der Waals surface area (Å²) < 4.78 is 19.6. The lowest BCUT2D eigenvalue weighted by molar-refractivity contribution is -0.384. The van der Waals surface area contributed by atoms with Gasteiger partial charge >= 0.3 is 0 Å². The lowest BCUT2D eigenvalue weighted by Gasteiger charge is -2.51. The van der Waals surface area contributed by atoms with E-state index < -0.39 is 10.7 Å². The molecule has 1 fully saturated rings. The summed E-state index contributed by atoms with van der Waals surface area (Å²) >= 11 is 1.75. The molecule has 1 aliphatic rings. The van der Waals surface area contributed by atoms with Crippen LogP contribution in [0, 0.1) is 24.9 Å². The molecule has 7 heteroatoms. The summed E-state index contributed by atoms with van der Waals surface area (Å²) in [6.07, 6.45) is 0.874. The monoisotopic (exact) mass is 408 g/mol. The minimum Gasteiger partial charge on any atom is -0.378 e. The van der Waals surface area contributed by atoms with Gasteiger partial charge in [-0.2, -0.15) is 0 Å². The molecule has 2 atom stereocenters. The molecule has 0 amide bonds. The third kappa shape index (κ3) is 3.13. The number of nitrogens with one attached hydrogen (secondary N) is 1.